The molecule has 0 amide bonds. The second-order valence-electron chi connectivity index (χ2n) is 10.7. The Kier molecular flexibility index (Phi) is 4.65. The smallest absolute Gasteiger partial charge is 0.155 e. The van der Waals surface area contributed by atoms with Gasteiger partial charge in [-0.15, -0.1) is 0 Å². The van der Waals surface area contributed by atoms with Crippen molar-refractivity contribution in [3.63, 3.8) is 0 Å². The van der Waals surface area contributed by atoms with Crippen molar-refractivity contribution in [3.8, 4) is 28.0 Å². The van der Waals surface area contributed by atoms with Crippen LogP contribution in [0.15, 0.2) is 66.9 Å². The van der Waals surface area contributed by atoms with E-state index in [1.165, 1.54) is 11.1 Å². The van der Waals surface area contributed by atoms with Gasteiger partial charge in [-0.1, -0.05) is 45.0 Å². The number of nitrogens with zero attached hydrogens (tertiary/aromatic N) is 3. The molecule has 0 aliphatic carbocycles. The highest BCUT2D eigenvalue weighted by atomic mass is 16.5. The van der Waals surface area contributed by atoms with Gasteiger partial charge in [-0.3, -0.25) is 4.98 Å². The van der Waals surface area contributed by atoms with Crippen molar-refractivity contribution in [2.75, 3.05) is 0 Å². The first-order valence-electron chi connectivity index (χ1n) is 13.6. The van der Waals surface area contributed by atoms with Crippen LogP contribution in [0.4, 0.5) is 0 Å². The average Bonchev–Trinajstić information content (AvgIpc) is 3.62. The Morgan fingerprint density at radius 3 is 2.54 bits per heavy atom. The predicted octanol–water partition coefficient (Wildman–Crippen LogP) is 8.05. The number of benzene rings is 4. The van der Waals surface area contributed by atoms with Gasteiger partial charge in [0.1, 0.15) is 23.8 Å². The van der Waals surface area contributed by atoms with Crippen LogP contribution in [-0.2, 0) is 13.0 Å². The minimum absolute atomic E-state index is 0.332. The summed E-state index contributed by atoms with van der Waals surface area (Å²) in [5.74, 6) is 3.18. The number of ether oxygens (including phenoxy) is 1. The fraction of sp³-hybridized carbons (Fsp3) is 0.182. The summed E-state index contributed by atoms with van der Waals surface area (Å²) >= 11 is 0. The summed E-state index contributed by atoms with van der Waals surface area (Å²) in [6.45, 7) is 6.93. The highest BCUT2D eigenvalue weighted by molar-refractivity contribution is 6.22. The molecule has 0 unspecified atom stereocenters. The molecule has 2 N–H and O–H groups in total. The van der Waals surface area contributed by atoms with Gasteiger partial charge in [0.2, 0.25) is 0 Å². The maximum atomic E-state index is 6.33. The van der Waals surface area contributed by atoms with E-state index in [4.69, 9.17) is 19.7 Å². The largest absolute Gasteiger partial charge is 0.486 e. The van der Waals surface area contributed by atoms with E-state index < -0.39 is 0 Å². The molecule has 0 saturated heterocycles. The van der Waals surface area contributed by atoms with Gasteiger partial charge < -0.3 is 14.7 Å². The van der Waals surface area contributed by atoms with E-state index in [1.54, 1.807) is 0 Å². The zero-order valence-electron chi connectivity index (χ0n) is 22.1. The highest BCUT2D eigenvalue weighted by Crippen LogP contribution is 2.43. The first-order valence-corrected chi connectivity index (χ1v) is 13.6. The number of imidazole rings is 2. The number of aromatic nitrogens is 5. The molecule has 4 heterocycles. The molecule has 39 heavy (non-hydrogen) atoms. The van der Waals surface area contributed by atoms with Crippen molar-refractivity contribution in [1.82, 2.24) is 24.9 Å². The van der Waals surface area contributed by atoms with E-state index >= 15 is 0 Å². The van der Waals surface area contributed by atoms with E-state index in [1.807, 2.05) is 12.3 Å². The van der Waals surface area contributed by atoms with Gasteiger partial charge in [0.15, 0.2) is 5.75 Å². The summed E-state index contributed by atoms with van der Waals surface area (Å²) in [5.41, 5.74) is 10.8. The Hall–Kier alpha value is -4.71. The molecule has 190 valence electrons. The molecule has 8 rings (SSSR count). The molecule has 4 aromatic carbocycles. The minimum atomic E-state index is 0.332. The number of hydrogen-bond acceptors (Lipinski definition) is 4. The van der Waals surface area contributed by atoms with Crippen LogP contribution < -0.4 is 4.74 Å². The summed E-state index contributed by atoms with van der Waals surface area (Å²) in [6, 6.07) is 21.7. The molecule has 0 atom stereocenters. The third kappa shape index (κ3) is 3.24. The Balaban J connectivity index is 1.27. The number of hydrogen-bond donors (Lipinski definition) is 2. The Labute approximate surface area is 225 Å². The SMILES string of the molecule is CCc1nc2c3cccnc3c3cc(-c4ccc5c(c4)COc4c-5ccc5[nH]c(C(C)C)nc45)ccc3c2[nH]1. The summed E-state index contributed by atoms with van der Waals surface area (Å²) in [6.07, 6.45) is 2.72. The van der Waals surface area contributed by atoms with E-state index in [-0.39, 0.29) is 0 Å². The molecular formula is C33H27N5O. The van der Waals surface area contributed by atoms with Crippen molar-refractivity contribution >= 4 is 43.7 Å². The van der Waals surface area contributed by atoms with Gasteiger partial charge in [0.05, 0.1) is 22.1 Å². The zero-order valence-corrected chi connectivity index (χ0v) is 22.1. The van der Waals surface area contributed by atoms with E-state index in [9.17, 15) is 0 Å². The number of H-pyrrole nitrogens is 2. The Bertz CT molecular complexity index is 2100. The summed E-state index contributed by atoms with van der Waals surface area (Å²) in [4.78, 5) is 21.5. The maximum absolute atomic E-state index is 6.33. The zero-order chi connectivity index (χ0) is 26.2. The molecule has 1 aliphatic heterocycles. The lowest BCUT2D eigenvalue weighted by Gasteiger charge is -2.22. The molecule has 1 aliphatic rings. The fourth-order valence-corrected chi connectivity index (χ4v) is 5.93. The van der Waals surface area contributed by atoms with E-state index in [0.29, 0.717) is 12.5 Å². The number of pyridine rings is 1. The summed E-state index contributed by atoms with van der Waals surface area (Å²) in [7, 11) is 0. The van der Waals surface area contributed by atoms with Crippen LogP contribution in [0.2, 0.25) is 0 Å². The normalized spacial score (nSPS) is 12.9. The molecule has 0 bridgehead atoms. The van der Waals surface area contributed by atoms with Crippen LogP contribution >= 0.6 is 0 Å². The van der Waals surface area contributed by atoms with Gasteiger partial charge in [-0.05, 0) is 58.7 Å². The molecule has 3 aromatic heterocycles. The molecular weight excluding hydrogens is 482 g/mol. The third-order valence-corrected chi connectivity index (χ3v) is 7.97. The topological polar surface area (TPSA) is 79.5 Å². The molecule has 0 spiro atoms. The summed E-state index contributed by atoms with van der Waals surface area (Å²) < 4.78 is 6.33. The van der Waals surface area contributed by atoms with Crippen molar-refractivity contribution in [2.45, 2.75) is 39.7 Å². The number of fused-ring (bicyclic) bond motifs is 11. The van der Waals surface area contributed by atoms with Crippen LogP contribution in [0, 0.1) is 0 Å². The lowest BCUT2D eigenvalue weighted by molar-refractivity contribution is 0.305. The van der Waals surface area contributed by atoms with Crippen LogP contribution in [0.1, 0.15) is 43.9 Å². The number of nitrogens with one attached hydrogen (secondary N) is 2. The van der Waals surface area contributed by atoms with Crippen molar-refractivity contribution < 1.29 is 4.74 Å². The van der Waals surface area contributed by atoms with Gasteiger partial charge in [-0.25, -0.2) is 9.97 Å². The Morgan fingerprint density at radius 2 is 1.67 bits per heavy atom. The first-order chi connectivity index (χ1) is 19.1. The minimum Gasteiger partial charge on any atom is -0.486 e. The van der Waals surface area contributed by atoms with Gasteiger partial charge in [0.25, 0.3) is 0 Å². The highest BCUT2D eigenvalue weighted by Gasteiger charge is 2.23. The molecule has 6 nitrogen and oxygen atoms in total. The molecule has 0 radical (unpaired) electrons. The fourth-order valence-electron chi connectivity index (χ4n) is 5.93. The molecule has 0 saturated carbocycles. The number of aryl methyl sites for hydroxylation is 1. The summed E-state index contributed by atoms with van der Waals surface area (Å²) in [5, 5.41) is 3.35. The second kappa shape index (κ2) is 8.14. The maximum Gasteiger partial charge on any atom is 0.155 e. The molecule has 7 aromatic rings. The monoisotopic (exact) mass is 509 g/mol. The Morgan fingerprint density at radius 1 is 0.821 bits per heavy atom. The molecule has 0 fully saturated rings. The van der Waals surface area contributed by atoms with Crippen molar-refractivity contribution in [1.29, 1.82) is 0 Å². The van der Waals surface area contributed by atoms with E-state index in [2.05, 4.69) is 85.3 Å². The van der Waals surface area contributed by atoms with Crippen LogP contribution in [0.25, 0.3) is 66.0 Å². The second-order valence-corrected chi connectivity index (χ2v) is 10.7. The first kappa shape index (κ1) is 22.3. The van der Waals surface area contributed by atoms with Crippen LogP contribution in [-0.4, -0.2) is 24.9 Å². The van der Waals surface area contributed by atoms with Gasteiger partial charge >= 0.3 is 0 Å². The van der Waals surface area contributed by atoms with Crippen LogP contribution in [0.3, 0.4) is 0 Å². The predicted molar refractivity (Wildman–Crippen MR) is 157 cm³/mol. The van der Waals surface area contributed by atoms with Crippen molar-refractivity contribution in [2.24, 2.45) is 0 Å². The van der Waals surface area contributed by atoms with Gasteiger partial charge in [0, 0.05) is 40.3 Å². The average molecular weight is 510 g/mol. The van der Waals surface area contributed by atoms with Gasteiger partial charge in [-0.2, -0.15) is 0 Å². The van der Waals surface area contributed by atoms with Crippen molar-refractivity contribution in [3.05, 3.63) is 84.1 Å². The lowest BCUT2D eigenvalue weighted by Crippen LogP contribution is -2.06. The lowest BCUT2D eigenvalue weighted by atomic mass is 9.92. The van der Waals surface area contributed by atoms with Crippen LogP contribution in [0.5, 0.6) is 5.75 Å². The number of rotatable bonds is 3. The number of aromatic amines is 2. The standard InChI is InChI=1S/C33H27N5O/c1-4-27-36-29-22-10-8-19(15-25(22)28-24(30(29)37-27)6-5-13-34-28)18-7-9-21-20(14-18)16-39-32-23(21)11-12-26-31(32)38-33(35-26)17(2)3/h5-15,17H,4,16H2,1-3H3,(H,35,38)(H,36,37). The third-order valence-electron chi connectivity index (χ3n) is 7.97. The van der Waals surface area contributed by atoms with E-state index in [0.717, 1.165) is 84.3 Å². The quantitative estimate of drug-likeness (QED) is 0.236. The molecule has 6 heteroatoms.